The van der Waals surface area contributed by atoms with Gasteiger partial charge in [0.2, 0.25) is 0 Å². The normalized spacial score (nSPS) is 22.0. The fourth-order valence-corrected chi connectivity index (χ4v) is 3.81. The molecule has 0 saturated heterocycles. The van der Waals surface area contributed by atoms with E-state index < -0.39 is 0 Å². The molecule has 0 bridgehead atoms. The molecule has 1 aromatic carbocycles. The predicted molar refractivity (Wildman–Crippen MR) is 92.7 cm³/mol. The Kier molecular flexibility index (Phi) is 5.20. The fraction of sp³-hybridized carbons (Fsp3) is 0.600. The quantitative estimate of drug-likeness (QED) is 0.547. The summed E-state index contributed by atoms with van der Waals surface area (Å²) < 4.78 is 0. The van der Waals surface area contributed by atoms with E-state index in [1.165, 1.54) is 24.0 Å². The first kappa shape index (κ1) is 16.9. The van der Waals surface area contributed by atoms with Gasteiger partial charge in [-0.1, -0.05) is 31.6 Å². The number of benzene rings is 1. The van der Waals surface area contributed by atoms with Gasteiger partial charge in [0.25, 0.3) is 0 Å². The fourth-order valence-electron chi connectivity index (χ4n) is 3.81. The van der Waals surface area contributed by atoms with Gasteiger partial charge in [0.1, 0.15) is 0 Å². The Hall–Kier alpha value is -1.44. The Balaban J connectivity index is 2.30. The number of phenolic OH excluding ortho intramolecular Hbond substituents is 2. The van der Waals surface area contributed by atoms with Gasteiger partial charge in [0.05, 0.1) is 0 Å². The summed E-state index contributed by atoms with van der Waals surface area (Å²) in [6.45, 7) is 10.6. The minimum atomic E-state index is 0.0587. The van der Waals surface area contributed by atoms with Crippen molar-refractivity contribution in [2.45, 2.75) is 72.1 Å². The second kappa shape index (κ2) is 6.76. The highest BCUT2D eigenvalue weighted by Crippen LogP contribution is 2.50. The molecule has 1 aliphatic rings. The second-order valence-electron chi connectivity index (χ2n) is 7.31. The van der Waals surface area contributed by atoms with E-state index in [9.17, 15) is 10.2 Å². The van der Waals surface area contributed by atoms with Gasteiger partial charge in [0.15, 0.2) is 11.5 Å². The summed E-state index contributed by atoms with van der Waals surface area (Å²) >= 11 is 0. The molecule has 22 heavy (non-hydrogen) atoms. The van der Waals surface area contributed by atoms with Gasteiger partial charge in [-0.15, -0.1) is 0 Å². The van der Waals surface area contributed by atoms with Gasteiger partial charge in [0, 0.05) is 5.56 Å². The standard InChI is InChI=1S/C20H30O2/c1-12(2)7-6-8-13(3)16-10-9-14(4)18-17(16)11-15(5)19(21)20(18)22/h7,11,13-14,16,21-22H,6,8-10H2,1-5H3/t13-,14+,16?/m0/s1. The molecular weight excluding hydrogens is 272 g/mol. The number of allylic oxidation sites excluding steroid dienone is 2. The van der Waals surface area contributed by atoms with Crippen molar-refractivity contribution >= 4 is 0 Å². The lowest BCUT2D eigenvalue weighted by Gasteiger charge is -2.34. The highest BCUT2D eigenvalue weighted by molar-refractivity contribution is 5.56. The van der Waals surface area contributed by atoms with Gasteiger partial charge < -0.3 is 10.2 Å². The lowest BCUT2D eigenvalue weighted by molar-refractivity contribution is 0.350. The minimum absolute atomic E-state index is 0.0587. The van der Waals surface area contributed by atoms with E-state index in [1.807, 2.05) is 6.92 Å². The summed E-state index contributed by atoms with van der Waals surface area (Å²) in [6, 6.07) is 2.10. The smallest absolute Gasteiger partial charge is 0.161 e. The third-order valence-corrected chi connectivity index (χ3v) is 5.20. The van der Waals surface area contributed by atoms with Crippen LogP contribution in [0.5, 0.6) is 11.5 Å². The molecule has 0 amide bonds. The summed E-state index contributed by atoms with van der Waals surface area (Å²) in [4.78, 5) is 0. The molecule has 2 nitrogen and oxygen atoms in total. The third-order valence-electron chi connectivity index (χ3n) is 5.20. The van der Waals surface area contributed by atoms with Crippen molar-refractivity contribution < 1.29 is 10.2 Å². The molecule has 0 spiro atoms. The SMILES string of the molecule is CC(C)=CCC[C@H](C)C1CC[C@@H](C)c2c1cc(C)c(O)c2O. The van der Waals surface area contributed by atoms with Crippen molar-refractivity contribution in [3.8, 4) is 11.5 Å². The average Bonchev–Trinajstić information content (AvgIpc) is 2.44. The zero-order valence-electron chi connectivity index (χ0n) is 14.6. The van der Waals surface area contributed by atoms with Crippen molar-refractivity contribution in [3.63, 3.8) is 0 Å². The molecule has 0 aliphatic heterocycles. The van der Waals surface area contributed by atoms with Gasteiger partial charge in [-0.3, -0.25) is 0 Å². The topological polar surface area (TPSA) is 40.5 Å². The Morgan fingerprint density at radius 2 is 1.95 bits per heavy atom. The molecule has 1 aromatic rings. The Morgan fingerprint density at radius 3 is 2.59 bits per heavy atom. The minimum Gasteiger partial charge on any atom is -0.504 e. The van der Waals surface area contributed by atoms with Crippen LogP contribution in [0, 0.1) is 12.8 Å². The van der Waals surface area contributed by atoms with Crippen LogP contribution >= 0.6 is 0 Å². The van der Waals surface area contributed by atoms with Crippen molar-refractivity contribution in [1.82, 2.24) is 0 Å². The van der Waals surface area contributed by atoms with E-state index in [0.717, 1.165) is 24.0 Å². The number of phenols is 2. The van der Waals surface area contributed by atoms with Crippen molar-refractivity contribution in [2.24, 2.45) is 5.92 Å². The highest BCUT2D eigenvalue weighted by atomic mass is 16.3. The number of aryl methyl sites for hydroxylation is 1. The zero-order valence-corrected chi connectivity index (χ0v) is 14.6. The first-order chi connectivity index (χ1) is 10.3. The van der Waals surface area contributed by atoms with Crippen LogP contribution in [0.25, 0.3) is 0 Å². The molecule has 0 radical (unpaired) electrons. The van der Waals surface area contributed by atoms with Crippen molar-refractivity contribution in [1.29, 1.82) is 0 Å². The van der Waals surface area contributed by atoms with E-state index in [-0.39, 0.29) is 11.5 Å². The van der Waals surface area contributed by atoms with Gasteiger partial charge in [-0.25, -0.2) is 0 Å². The number of fused-ring (bicyclic) bond motifs is 1. The first-order valence-electron chi connectivity index (χ1n) is 8.51. The summed E-state index contributed by atoms with van der Waals surface area (Å²) in [6.07, 6.45) is 6.86. The lowest BCUT2D eigenvalue weighted by atomic mass is 9.70. The number of hydrogen-bond donors (Lipinski definition) is 2. The Bertz CT molecular complexity index is 568. The monoisotopic (exact) mass is 302 g/mol. The van der Waals surface area contributed by atoms with E-state index in [0.29, 0.717) is 17.8 Å². The third kappa shape index (κ3) is 3.31. The summed E-state index contributed by atoms with van der Waals surface area (Å²) in [7, 11) is 0. The van der Waals surface area contributed by atoms with E-state index in [1.54, 1.807) is 0 Å². The van der Waals surface area contributed by atoms with Crippen molar-refractivity contribution in [3.05, 3.63) is 34.4 Å². The molecule has 0 saturated carbocycles. The molecule has 122 valence electrons. The molecule has 0 fully saturated rings. The molecule has 3 atom stereocenters. The molecule has 2 rings (SSSR count). The molecule has 1 aliphatic carbocycles. The maximum atomic E-state index is 10.4. The van der Waals surface area contributed by atoms with Gasteiger partial charge in [-0.05, 0) is 75.3 Å². The van der Waals surface area contributed by atoms with Gasteiger partial charge >= 0.3 is 0 Å². The molecule has 2 N–H and O–H groups in total. The second-order valence-corrected chi connectivity index (χ2v) is 7.31. The number of aromatic hydroxyl groups is 2. The number of hydrogen-bond acceptors (Lipinski definition) is 2. The van der Waals surface area contributed by atoms with Crippen LogP contribution in [-0.4, -0.2) is 10.2 Å². The maximum Gasteiger partial charge on any atom is 0.161 e. The van der Waals surface area contributed by atoms with E-state index >= 15 is 0 Å². The van der Waals surface area contributed by atoms with E-state index in [2.05, 4.69) is 39.8 Å². The highest BCUT2D eigenvalue weighted by Gasteiger charge is 2.32. The molecular formula is C20H30O2. The first-order valence-corrected chi connectivity index (χ1v) is 8.51. The molecule has 1 unspecified atom stereocenters. The van der Waals surface area contributed by atoms with Crippen LogP contribution in [0.2, 0.25) is 0 Å². The molecule has 0 heterocycles. The summed E-state index contributed by atoms with van der Waals surface area (Å²) in [5.74, 6) is 1.57. The van der Waals surface area contributed by atoms with Crippen LogP contribution in [-0.2, 0) is 0 Å². The van der Waals surface area contributed by atoms with Crippen LogP contribution in [0.15, 0.2) is 17.7 Å². The Labute approximate surface area is 134 Å². The van der Waals surface area contributed by atoms with Crippen LogP contribution in [0.1, 0.15) is 81.9 Å². The Morgan fingerprint density at radius 1 is 1.27 bits per heavy atom. The molecule has 2 heteroatoms. The predicted octanol–water partition coefficient (Wildman–Crippen LogP) is 5.77. The molecule has 0 aromatic heterocycles. The summed E-state index contributed by atoms with van der Waals surface area (Å²) in [5.41, 5.74) is 4.40. The van der Waals surface area contributed by atoms with Crippen molar-refractivity contribution in [2.75, 3.05) is 0 Å². The van der Waals surface area contributed by atoms with Crippen LogP contribution < -0.4 is 0 Å². The number of rotatable bonds is 4. The average molecular weight is 302 g/mol. The maximum absolute atomic E-state index is 10.4. The van der Waals surface area contributed by atoms with E-state index in [4.69, 9.17) is 0 Å². The summed E-state index contributed by atoms with van der Waals surface area (Å²) in [5, 5.41) is 20.4. The van der Waals surface area contributed by atoms with Crippen LogP contribution in [0.4, 0.5) is 0 Å². The largest absolute Gasteiger partial charge is 0.504 e. The van der Waals surface area contributed by atoms with Gasteiger partial charge in [-0.2, -0.15) is 0 Å². The lowest BCUT2D eigenvalue weighted by Crippen LogP contribution is -2.19. The zero-order chi connectivity index (χ0) is 16.4. The van der Waals surface area contributed by atoms with Crippen LogP contribution in [0.3, 0.4) is 0 Å².